The Labute approximate surface area is 119 Å². The molecule has 0 heterocycles. The molecule has 0 bridgehead atoms. The largest absolute Gasteiger partial charge is 0.493 e. The first kappa shape index (κ1) is 17.5. The van der Waals surface area contributed by atoms with Crippen molar-refractivity contribution in [1.29, 1.82) is 0 Å². The number of carbonyl (C=O) groups excluding carboxylic acids is 1. The quantitative estimate of drug-likeness (QED) is 0.748. The number of rotatable bonds is 6. The van der Waals surface area contributed by atoms with E-state index in [0.29, 0.717) is 30.2 Å². The van der Waals surface area contributed by atoms with E-state index in [4.69, 9.17) is 14.2 Å². The van der Waals surface area contributed by atoms with Crippen LogP contribution in [0.1, 0.15) is 10.4 Å². The summed E-state index contributed by atoms with van der Waals surface area (Å²) in [7, 11) is 6.85. The lowest BCUT2D eigenvalue weighted by atomic mass is 10.2. The summed E-state index contributed by atoms with van der Waals surface area (Å²) in [5.41, 5.74) is 0.371. The number of benzene rings is 1. The van der Waals surface area contributed by atoms with Crippen LogP contribution in [0.25, 0.3) is 0 Å². The summed E-state index contributed by atoms with van der Waals surface area (Å²) in [6.45, 7) is 1.02. The maximum absolute atomic E-state index is 11.9. The Morgan fingerprint density at radius 3 is 2.42 bits per heavy atom. The van der Waals surface area contributed by atoms with Crippen molar-refractivity contribution in [3.05, 3.63) is 23.8 Å². The van der Waals surface area contributed by atoms with E-state index < -0.39 is 5.97 Å². The van der Waals surface area contributed by atoms with Crippen molar-refractivity contribution in [2.75, 3.05) is 41.5 Å². The maximum atomic E-state index is 11.9. The standard InChI is InChI=1S/C13H19NO4.ClH/c1-14(2)8-9-18-13(15)10-6-5-7-11(16-3)12(10)17-4;/h5-7H,8-9H2,1-4H3;1H. The Hall–Kier alpha value is -1.46. The van der Waals surface area contributed by atoms with Crippen LogP contribution in [0, 0.1) is 0 Å². The van der Waals surface area contributed by atoms with E-state index >= 15 is 0 Å². The molecule has 6 heteroatoms. The zero-order chi connectivity index (χ0) is 13.5. The number of likely N-dealkylation sites (N-methyl/N-ethyl adjacent to an activating group) is 1. The lowest BCUT2D eigenvalue weighted by Crippen LogP contribution is -2.20. The molecule has 5 nitrogen and oxygen atoms in total. The van der Waals surface area contributed by atoms with Gasteiger partial charge >= 0.3 is 5.97 Å². The van der Waals surface area contributed by atoms with Crippen molar-refractivity contribution in [3.63, 3.8) is 0 Å². The first-order chi connectivity index (χ1) is 8.60. The SMILES string of the molecule is COc1cccc(C(=O)OCCN(C)C)c1OC.Cl. The fourth-order valence-electron chi connectivity index (χ4n) is 1.45. The van der Waals surface area contributed by atoms with Gasteiger partial charge in [-0.15, -0.1) is 12.4 Å². The van der Waals surface area contributed by atoms with Crippen molar-refractivity contribution >= 4 is 18.4 Å². The van der Waals surface area contributed by atoms with E-state index in [9.17, 15) is 4.79 Å². The minimum absolute atomic E-state index is 0. The Morgan fingerprint density at radius 2 is 1.89 bits per heavy atom. The summed E-state index contributed by atoms with van der Waals surface area (Å²) >= 11 is 0. The van der Waals surface area contributed by atoms with E-state index in [2.05, 4.69) is 0 Å². The lowest BCUT2D eigenvalue weighted by Gasteiger charge is -2.13. The molecule has 0 saturated carbocycles. The third kappa shape index (κ3) is 4.96. The summed E-state index contributed by atoms with van der Waals surface area (Å²) < 4.78 is 15.5. The van der Waals surface area contributed by atoms with Gasteiger partial charge < -0.3 is 19.1 Å². The minimum atomic E-state index is -0.410. The number of carbonyl (C=O) groups is 1. The Bertz CT molecular complexity index is 410. The maximum Gasteiger partial charge on any atom is 0.342 e. The van der Waals surface area contributed by atoms with Crippen LogP contribution in [0.4, 0.5) is 0 Å². The van der Waals surface area contributed by atoms with Crippen molar-refractivity contribution in [2.24, 2.45) is 0 Å². The van der Waals surface area contributed by atoms with Gasteiger partial charge in [-0.2, -0.15) is 0 Å². The highest BCUT2D eigenvalue weighted by Crippen LogP contribution is 2.30. The lowest BCUT2D eigenvalue weighted by molar-refractivity contribution is 0.0477. The molecule has 0 aliphatic carbocycles. The zero-order valence-electron chi connectivity index (χ0n) is 11.6. The molecule has 108 valence electrons. The molecule has 0 spiro atoms. The number of halogens is 1. The number of methoxy groups -OCH3 is 2. The third-order valence-electron chi connectivity index (χ3n) is 2.39. The number of esters is 1. The number of hydrogen-bond donors (Lipinski definition) is 0. The predicted octanol–water partition coefficient (Wildman–Crippen LogP) is 1.84. The molecule has 0 saturated heterocycles. The number of ether oxygens (including phenoxy) is 3. The van der Waals surface area contributed by atoms with Crippen molar-refractivity contribution in [1.82, 2.24) is 4.90 Å². The fourth-order valence-corrected chi connectivity index (χ4v) is 1.45. The second-order valence-corrected chi connectivity index (χ2v) is 3.98. The molecule has 0 unspecified atom stereocenters. The monoisotopic (exact) mass is 289 g/mol. The van der Waals surface area contributed by atoms with Crippen LogP contribution in [0.2, 0.25) is 0 Å². The average Bonchev–Trinajstić information content (AvgIpc) is 2.36. The highest BCUT2D eigenvalue weighted by atomic mass is 35.5. The molecule has 0 radical (unpaired) electrons. The van der Waals surface area contributed by atoms with Gasteiger partial charge in [0.25, 0.3) is 0 Å². The van der Waals surface area contributed by atoms with Crippen LogP contribution in [0.15, 0.2) is 18.2 Å². The van der Waals surface area contributed by atoms with Crippen LogP contribution in [-0.2, 0) is 4.74 Å². The highest BCUT2D eigenvalue weighted by Gasteiger charge is 2.17. The van der Waals surface area contributed by atoms with Crippen molar-refractivity contribution in [3.8, 4) is 11.5 Å². The Balaban J connectivity index is 0.00000324. The summed E-state index contributed by atoms with van der Waals surface area (Å²) in [6.07, 6.45) is 0. The van der Waals surface area contributed by atoms with Crippen LogP contribution < -0.4 is 9.47 Å². The van der Waals surface area contributed by atoms with E-state index in [1.54, 1.807) is 18.2 Å². The van der Waals surface area contributed by atoms with Gasteiger partial charge in [0, 0.05) is 6.54 Å². The second kappa shape index (κ2) is 8.61. The molecule has 1 rings (SSSR count). The van der Waals surface area contributed by atoms with Crippen molar-refractivity contribution < 1.29 is 19.0 Å². The number of nitrogens with zero attached hydrogens (tertiary/aromatic N) is 1. The third-order valence-corrected chi connectivity index (χ3v) is 2.39. The van der Waals surface area contributed by atoms with Gasteiger partial charge in [-0.05, 0) is 26.2 Å². The predicted molar refractivity (Wildman–Crippen MR) is 75.6 cm³/mol. The first-order valence-corrected chi connectivity index (χ1v) is 5.63. The van der Waals surface area contributed by atoms with Gasteiger partial charge in [-0.3, -0.25) is 0 Å². The topological polar surface area (TPSA) is 48.0 Å². The molecule has 0 aliphatic heterocycles. The molecule has 1 aromatic carbocycles. The summed E-state index contributed by atoms with van der Waals surface area (Å²) in [6, 6.07) is 5.11. The average molecular weight is 290 g/mol. The van der Waals surface area contributed by atoms with E-state index in [-0.39, 0.29) is 12.4 Å². The van der Waals surface area contributed by atoms with Crippen LogP contribution in [0.5, 0.6) is 11.5 Å². The molecule has 1 aromatic rings. The second-order valence-electron chi connectivity index (χ2n) is 3.98. The van der Waals surface area contributed by atoms with E-state index in [1.807, 2.05) is 19.0 Å². The zero-order valence-corrected chi connectivity index (χ0v) is 12.5. The van der Waals surface area contributed by atoms with Gasteiger partial charge in [0.1, 0.15) is 12.2 Å². The minimum Gasteiger partial charge on any atom is -0.493 e. The van der Waals surface area contributed by atoms with Crippen LogP contribution >= 0.6 is 12.4 Å². The van der Waals surface area contributed by atoms with Gasteiger partial charge in [0.05, 0.1) is 14.2 Å². The molecule has 0 aromatic heterocycles. The molecule has 0 fully saturated rings. The first-order valence-electron chi connectivity index (χ1n) is 5.63. The Kier molecular flexibility index (Phi) is 7.95. The summed E-state index contributed by atoms with van der Waals surface area (Å²) in [5.74, 6) is 0.502. The smallest absolute Gasteiger partial charge is 0.342 e. The normalized spacial score (nSPS) is 9.74. The molecular weight excluding hydrogens is 270 g/mol. The molecule has 0 atom stereocenters. The summed E-state index contributed by atoms with van der Waals surface area (Å²) in [5, 5.41) is 0. The highest BCUT2D eigenvalue weighted by molar-refractivity contribution is 5.93. The van der Waals surface area contributed by atoms with Gasteiger partial charge in [-0.1, -0.05) is 6.07 Å². The van der Waals surface area contributed by atoms with Gasteiger partial charge in [0.2, 0.25) is 0 Å². The Morgan fingerprint density at radius 1 is 1.21 bits per heavy atom. The summed E-state index contributed by atoms with van der Waals surface area (Å²) in [4.78, 5) is 13.8. The molecule has 0 amide bonds. The van der Waals surface area contributed by atoms with Gasteiger partial charge in [0.15, 0.2) is 11.5 Å². The molecule has 19 heavy (non-hydrogen) atoms. The van der Waals surface area contributed by atoms with Gasteiger partial charge in [-0.25, -0.2) is 4.79 Å². The number of para-hydroxylation sites is 1. The van der Waals surface area contributed by atoms with Crippen molar-refractivity contribution in [2.45, 2.75) is 0 Å². The molecule has 0 N–H and O–H groups in total. The molecular formula is C13H20ClNO4. The fraction of sp³-hybridized carbons (Fsp3) is 0.462. The van der Waals surface area contributed by atoms with E-state index in [1.165, 1.54) is 14.2 Å². The van der Waals surface area contributed by atoms with Crippen LogP contribution in [0.3, 0.4) is 0 Å². The van der Waals surface area contributed by atoms with Crippen LogP contribution in [-0.4, -0.2) is 52.3 Å². The molecule has 0 aliphatic rings. The number of hydrogen-bond acceptors (Lipinski definition) is 5. The van der Waals surface area contributed by atoms with E-state index in [0.717, 1.165) is 0 Å².